The standard InChI is InChI=1S/C13H16N2O3S/c1-9-7-12(18-4)13(8-10(9)2)19(16,17)15-6-5-11(3)14-15/h5-8H,1-4H3. The van der Waals surface area contributed by atoms with Crippen LogP contribution in [-0.4, -0.2) is 24.7 Å². The van der Waals surface area contributed by atoms with Gasteiger partial charge in [-0.1, -0.05) is 0 Å². The van der Waals surface area contributed by atoms with Crippen molar-refractivity contribution in [3.05, 3.63) is 41.2 Å². The molecule has 2 aromatic rings. The minimum absolute atomic E-state index is 0.126. The molecule has 0 saturated heterocycles. The molecule has 0 atom stereocenters. The molecule has 19 heavy (non-hydrogen) atoms. The third-order valence-corrected chi connectivity index (χ3v) is 4.57. The van der Waals surface area contributed by atoms with Crippen molar-refractivity contribution in [2.45, 2.75) is 25.7 Å². The van der Waals surface area contributed by atoms with Crippen LogP contribution in [0.2, 0.25) is 0 Å². The summed E-state index contributed by atoms with van der Waals surface area (Å²) in [5.41, 5.74) is 2.52. The minimum Gasteiger partial charge on any atom is -0.495 e. The number of nitrogens with zero attached hydrogens (tertiary/aromatic N) is 2. The van der Waals surface area contributed by atoms with Crippen molar-refractivity contribution < 1.29 is 13.2 Å². The first-order valence-electron chi connectivity index (χ1n) is 5.79. The van der Waals surface area contributed by atoms with E-state index in [1.54, 1.807) is 25.1 Å². The Balaban J connectivity index is 2.67. The number of hydrogen-bond acceptors (Lipinski definition) is 4. The molecule has 0 spiro atoms. The summed E-state index contributed by atoms with van der Waals surface area (Å²) in [6, 6.07) is 4.98. The molecule has 1 aromatic carbocycles. The van der Waals surface area contributed by atoms with Crippen LogP contribution in [-0.2, 0) is 10.0 Å². The molecule has 0 aliphatic heterocycles. The second-order valence-electron chi connectivity index (χ2n) is 4.42. The molecular weight excluding hydrogens is 264 g/mol. The van der Waals surface area contributed by atoms with E-state index in [1.165, 1.54) is 13.3 Å². The van der Waals surface area contributed by atoms with E-state index < -0.39 is 10.0 Å². The monoisotopic (exact) mass is 280 g/mol. The number of aromatic nitrogens is 2. The van der Waals surface area contributed by atoms with Gasteiger partial charge in [-0.15, -0.1) is 0 Å². The summed E-state index contributed by atoms with van der Waals surface area (Å²) in [7, 11) is -2.26. The largest absolute Gasteiger partial charge is 0.495 e. The zero-order valence-electron chi connectivity index (χ0n) is 11.3. The third kappa shape index (κ3) is 2.35. The molecular formula is C13H16N2O3S. The van der Waals surface area contributed by atoms with Crippen LogP contribution in [0, 0.1) is 20.8 Å². The van der Waals surface area contributed by atoms with E-state index in [0.29, 0.717) is 11.4 Å². The Labute approximate surface area is 112 Å². The Hall–Kier alpha value is -1.82. The van der Waals surface area contributed by atoms with Gasteiger partial charge in [0.1, 0.15) is 10.6 Å². The van der Waals surface area contributed by atoms with Gasteiger partial charge in [0.25, 0.3) is 10.0 Å². The van der Waals surface area contributed by atoms with Crippen molar-refractivity contribution in [1.82, 2.24) is 9.19 Å². The van der Waals surface area contributed by atoms with E-state index >= 15 is 0 Å². The first-order valence-corrected chi connectivity index (χ1v) is 7.23. The molecule has 0 amide bonds. The molecule has 0 aliphatic carbocycles. The zero-order chi connectivity index (χ0) is 14.2. The topological polar surface area (TPSA) is 61.2 Å². The highest BCUT2D eigenvalue weighted by Gasteiger charge is 2.23. The lowest BCUT2D eigenvalue weighted by molar-refractivity contribution is 0.401. The normalized spacial score (nSPS) is 11.6. The Morgan fingerprint density at radius 2 is 1.79 bits per heavy atom. The van der Waals surface area contributed by atoms with Crippen LogP contribution >= 0.6 is 0 Å². The number of hydrogen-bond donors (Lipinski definition) is 0. The first-order chi connectivity index (χ1) is 8.86. The molecule has 0 aliphatic rings. The average molecular weight is 280 g/mol. The molecule has 1 heterocycles. The molecule has 0 radical (unpaired) electrons. The van der Waals surface area contributed by atoms with Crippen LogP contribution in [0.4, 0.5) is 0 Å². The molecule has 2 rings (SSSR count). The van der Waals surface area contributed by atoms with Gasteiger partial charge in [-0.05, 0) is 50.1 Å². The van der Waals surface area contributed by atoms with Crippen LogP contribution in [0.1, 0.15) is 16.8 Å². The second kappa shape index (κ2) is 4.70. The van der Waals surface area contributed by atoms with Gasteiger partial charge in [-0.3, -0.25) is 0 Å². The quantitative estimate of drug-likeness (QED) is 0.863. The highest BCUT2D eigenvalue weighted by molar-refractivity contribution is 7.90. The molecule has 5 nitrogen and oxygen atoms in total. The van der Waals surface area contributed by atoms with E-state index in [1.807, 2.05) is 13.8 Å². The summed E-state index contributed by atoms with van der Waals surface area (Å²) in [5, 5.41) is 3.96. The predicted molar refractivity (Wildman–Crippen MR) is 72.0 cm³/mol. The summed E-state index contributed by atoms with van der Waals surface area (Å²) in [5.74, 6) is 0.330. The van der Waals surface area contributed by atoms with E-state index in [9.17, 15) is 8.42 Å². The van der Waals surface area contributed by atoms with E-state index in [2.05, 4.69) is 5.10 Å². The van der Waals surface area contributed by atoms with Gasteiger partial charge in [0.05, 0.1) is 12.8 Å². The van der Waals surface area contributed by atoms with Crippen molar-refractivity contribution in [3.8, 4) is 5.75 Å². The van der Waals surface area contributed by atoms with Crippen molar-refractivity contribution in [2.75, 3.05) is 7.11 Å². The number of methoxy groups -OCH3 is 1. The SMILES string of the molecule is COc1cc(C)c(C)cc1S(=O)(=O)n1ccc(C)n1. The summed E-state index contributed by atoms with van der Waals surface area (Å²) < 4.78 is 31.2. The Bertz CT molecular complexity index is 717. The maximum absolute atomic E-state index is 12.5. The lowest BCUT2D eigenvalue weighted by atomic mass is 10.1. The highest BCUT2D eigenvalue weighted by Crippen LogP contribution is 2.28. The van der Waals surface area contributed by atoms with E-state index in [-0.39, 0.29) is 4.90 Å². The molecule has 1 aromatic heterocycles. The smallest absolute Gasteiger partial charge is 0.286 e. The number of ether oxygens (including phenoxy) is 1. The fourth-order valence-corrected chi connectivity index (χ4v) is 3.13. The summed E-state index contributed by atoms with van der Waals surface area (Å²) >= 11 is 0. The minimum atomic E-state index is -3.72. The molecule has 102 valence electrons. The van der Waals surface area contributed by atoms with Gasteiger partial charge < -0.3 is 4.74 Å². The number of benzene rings is 1. The fourth-order valence-electron chi connectivity index (χ4n) is 1.75. The maximum Gasteiger partial charge on any atom is 0.286 e. The molecule has 0 bridgehead atoms. The maximum atomic E-state index is 12.5. The van der Waals surface area contributed by atoms with Crippen molar-refractivity contribution in [2.24, 2.45) is 0 Å². The van der Waals surface area contributed by atoms with Gasteiger partial charge in [-0.25, -0.2) is 0 Å². The predicted octanol–water partition coefficient (Wildman–Crippen LogP) is 2.05. The van der Waals surface area contributed by atoms with E-state index in [0.717, 1.165) is 15.2 Å². The zero-order valence-corrected chi connectivity index (χ0v) is 12.2. The second-order valence-corrected chi connectivity index (χ2v) is 6.19. The lowest BCUT2D eigenvalue weighted by Gasteiger charge is -2.12. The van der Waals surface area contributed by atoms with Gasteiger partial charge in [0.2, 0.25) is 0 Å². The van der Waals surface area contributed by atoms with Crippen LogP contribution in [0.15, 0.2) is 29.3 Å². The highest BCUT2D eigenvalue weighted by atomic mass is 32.2. The molecule has 0 saturated carbocycles. The molecule has 0 fully saturated rings. The van der Waals surface area contributed by atoms with Crippen molar-refractivity contribution in [3.63, 3.8) is 0 Å². The van der Waals surface area contributed by atoms with Crippen LogP contribution in [0.5, 0.6) is 5.75 Å². The Morgan fingerprint density at radius 3 is 2.32 bits per heavy atom. The molecule has 0 N–H and O–H groups in total. The summed E-state index contributed by atoms with van der Waals surface area (Å²) in [4.78, 5) is 0.126. The van der Waals surface area contributed by atoms with Gasteiger partial charge in [-0.2, -0.15) is 17.6 Å². The first kappa shape index (κ1) is 13.6. The Morgan fingerprint density at radius 1 is 1.16 bits per heavy atom. The van der Waals surface area contributed by atoms with Crippen molar-refractivity contribution >= 4 is 10.0 Å². The van der Waals surface area contributed by atoms with Gasteiger partial charge in [0, 0.05) is 6.20 Å². The van der Waals surface area contributed by atoms with Gasteiger partial charge >= 0.3 is 0 Å². The Kier molecular flexibility index (Phi) is 3.36. The average Bonchev–Trinajstić information content (AvgIpc) is 2.79. The van der Waals surface area contributed by atoms with Crippen LogP contribution < -0.4 is 4.74 Å². The fraction of sp³-hybridized carbons (Fsp3) is 0.308. The van der Waals surface area contributed by atoms with E-state index in [4.69, 9.17) is 4.74 Å². The molecule has 6 heteroatoms. The van der Waals surface area contributed by atoms with Crippen LogP contribution in [0.3, 0.4) is 0 Å². The number of aryl methyl sites for hydroxylation is 3. The molecule has 0 unspecified atom stereocenters. The van der Waals surface area contributed by atoms with Gasteiger partial charge in [0.15, 0.2) is 0 Å². The third-order valence-electron chi connectivity index (χ3n) is 3.00. The summed E-state index contributed by atoms with van der Waals surface area (Å²) in [6.07, 6.45) is 1.43. The van der Waals surface area contributed by atoms with Crippen LogP contribution in [0.25, 0.3) is 0 Å². The summed E-state index contributed by atoms with van der Waals surface area (Å²) in [6.45, 7) is 5.51. The van der Waals surface area contributed by atoms with Crippen molar-refractivity contribution in [1.29, 1.82) is 0 Å². The lowest BCUT2D eigenvalue weighted by Crippen LogP contribution is -2.15. The number of rotatable bonds is 3.